The standard InChI is InChI=1S/C19H26N4OS/c1-14(2)25-13-16-12-18(24)21-19(20-16)23-9-7-22(8-10-23)17-6-4-5-15(3)11-17/h4-6,11-12,14H,7-10,13H2,1-3H3,(H,20,21,24). The average Bonchev–Trinajstić information content (AvgIpc) is 2.60. The van der Waals surface area contributed by atoms with Crippen molar-refractivity contribution in [1.29, 1.82) is 0 Å². The first-order valence-corrected chi connectivity index (χ1v) is 9.84. The van der Waals surface area contributed by atoms with Crippen molar-refractivity contribution in [2.75, 3.05) is 36.0 Å². The van der Waals surface area contributed by atoms with Crippen LogP contribution < -0.4 is 15.4 Å². The Balaban J connectivity index is 1.67. The molecule has 0 bridgehead atoms. The highest BCUT2D eigenvalue weighted by Crippen LogP contribution is 2.20. The lowest BCUT2D eigenvalue weighted by atomic mass is 10.2. The molecular formula is C19H26N4OS. The van der Waals surface area contributed by atoms with Gasteiger partial charge in [0.2, 0.25) is 5.95 Å². The van der Waals surface area contributed by atoms with Gasteiger partial charge in [-0.25, -0.2) is 4.98 Å². The Bertz CT molecular complexity index is 766. The van der Waals surface area contributed by atoms with Crippen molar-refractivity contribution in [2.24, 2.45) is 0 Å². The Morgan fingerprint density at radius 2 is 1.88 bits per heavy atom. The van der Waals surface area contributed by atoms with E-state index >= 15 is 0 Å². The predicted molar refractivity (Wildman–Crippen MR) is 107 cm³/mol. The number of aryl methyl sites for hydroxylation is 1. The molecule has 3 rings (SSSR count). The summed E-state index contributed by atoms with van der Waals surface area (Å²) in [6, 6.07) is 10.2. The second-order valence-corrected chi connectivity index (χ2v) is 8.30. The Labute approximate surface area is 153 Å². The number of benzene rings is 1. The smallest absolute Gasteiger partial charge is 0.252 e. The first-order valence-electron chi connectivity index (χ1n) is 8.79. The molecule has 25 heavy (non-hydrogen) atoms. The number of thioether (sulfide) groups is 1. The van der Waals surface area contributed by atoms with E-state index in [1.807, 2.05) is 0 Å². The summed E-state index contributed by atoms with van der Waals surface area (Å²) >= 11 is 1.81. The molecule has 1 aromatic heterocycles. The SMILES string of the molecule is Cc1cccc(N2CCN(c3nc(CSC(C)C)cc(=O)[nH]3)CC2)c1. The van der Waals surface area contributed by atoms with Crippen molar-refractivity contribution >= 4 is 23.4 Å². The van der Waals surface area contributed by atoms with E-state index in [1.165, 1.54) is 11.3 Å². The van der Waals surface area contributed by atoms with Crippen molar-refractivity contribution in [3.63, 3.8) is 0 Å². The molecule has 6 heteroatoms. The number of anilines is 2. The number of nitrogens with one attached hydrogen (secondary N) is 1. The quantitative estimate of drug-likeness (QED) is 0.890. The third-order valence-electron chi connectivity index (χ3n) is 4.29. The highest BCUT2D eigenvalue weighted by Gasteiger charge is 2.19. The normalized spacial score (nSPS) is 15.0. The number of hydrogen-bond donors (Lipinski definition) is 1. The van der Waals surface area contributed by atoms with E-state index in [-0.39, 0.29) is 5.56 Å². The Morgan fingerprint density at radius 1 is 1.16 bits per heavy atom. The highest BCUT2D eigenvalue weighted by atomic mass is 32.2. The summed E-state index contributed by atoms with van der Waals surface area (Å²) in [5, 5.41) is 0.530. The first kappa shape index (κ1) is 17.9. The van der Waals surface area contributed by atoms with Crippen molar-refractivity contribution in [1.82, 2.24) is 9.97 Å². The second-order valence-electron chi connectivity index (χ2n) is 6.73. The molecule has 2 heterocycles. The fourth-order valence-corrected chi connectivity index (χ4v) is 3.62. The van der Waals surface area contributed by atoms with E-state index in [0.717, 1.165) is 37.6 Å². The number of piperazine rings is 1. The number of H-pyrrole nitrogens is 1. The number of aromatic nitrogens is 2. The minimum absolute atomic E-state index is 0.0644. The van der Waals surface area contributed by atoms with Crippen molar-refractivity contribution in [3.8, 4) is 0 Å². The molecule has 1 fully saturated rings. The molecule has 0 amide bonds. The van der Waals surface area contributed by atoms with Gasteiger partial charge in [-0.05, 0) is 29.9 Å². The Hall–Kier alpha value is -1.95. The van der Waals surface area contributed by atoms with Gasteiger partial charge in [0.15, 0.2) is 0 Å². The summed E-state index contributed by atoms with van der Waals surface area (Å²) in [5.74, 6) is 1.48. The van der Waals surface area contributed by atoms with Crippen LogP contribution in [-0.2, 0) is 5.75 Å². The summed E-state index contributed by atoms with van der Waals surface area (Å²) in [4.78, 5) is 24.1. The monoisotopic (exact) mass is 358 g/mol. The maximum absolute atomic E-state index is 12.0. The molecule has 1 N–H and O–H groups in total. The zero-order chi connectivity index (χ0) is 17.8. The summed E-state index contributed by atoms with van der Waals surface area (Å²) in [6.07, 6.45) is 0. The van der Waals surface area contributed by atoms with Gasteiger partial charge in [0.05, 0.1) is 5.69 Å². The van der Waals surface area contributed by atoms with Gasteiger partial charge in [-0.1, -0.05) is 26.0 Å². The van der Waals surface area contributed by atoms with Crippen LogP contribution in [0, 0.1) is 6.92 Å². The Kier molecular flexibility index (Phi) is 5.68. The maximum Gasteiger partial charge on any atom is 0.252 e. The number of hydrogen-bond acceptors (Lipinski definition) is 5. The van der Waals surface area contributed by atoms with Crippen LogP contribution in [0.5, 0.6) is 0 Å². The molecule has 134 valence electrons. The van der Waals surface area contributed by atoms with Gasteiger partial charge < -0.3 is 9.80 Å². The molecule has 0 radical (unpaired) electrons. The van der Waals surface area contributed by atoms with Gasteiger partial charge in [0.25, 0.3) is 5.56 Å². The van der Waals surface area contributed by atoms with Gasteiger partial charge in [-0.2, -0.15) is 11.8 Å². The van der Waals surface area contributed by atoms with Gasteiger partial charge in [-0.15, -0.1) is 0 Å². The lowest BCUT2D eigenvalue weighted by Gasteiger charge is -2.36. The van der Waals surface area contributed by atoms with Crippen LogP contribution in [0.4, 0.5) is 11.6 Å². The number of rotatable bonds is 5. The minimum Gasteiger partial charge on any atom is -0.368 e. The third kappa shape index (κ3) is 4.78. The highest BCUT2D eigenvalue weighted by molar-refractivity contribution is 7.99. The van der Waals surface area contributed by atoms with E-state index in [2.05, 4.69) is 64.8 Å². The molecule has 5 nitrogen and oxygen atoms in total. The van der Waals surface area contributed by atoms with Crippen LogP contribution >= 0.6 is 11.8 Å². The van der Waals surface area contributed by atoms with Crippen LogP contribution in [-0.4, -0.2) is 41.4 Å². The zero-order valence-corrected chi connectivity index (χ0v) is 16.0. The fraction of sp³-hybridized carbons (Fsp3) is 0.474. The zero-order valence-electron chi connectivity index (χ0n) is 15.2. The van der Waals surface area contributed by atoms with Gasteiger partial charge in [-0.3, -0.25) is 9.78 Å². The van der Waals surface area contributed by atoms with Crippen molar-refractivity contribution in [2.45, 2.75) is 31.8 Å². The number of nitrogens with zero attached hydrogens (tertiary/aromatic N) is 3. The van der Waals surface area contributed by atoms with Gasteiger partial charge >= 0.3 is 0 Å². The molecule has 0 unspecified atom stereocenters. The van der Waals surface area contributed by atoms with Crippen LogP contribution in [0.2, 0.25) is 0 Å². The summed E-state index contributed by atoms with van der Waals surface area (Å²) in [6.45, 7) is 10.0. The van der Waals surface area contributed by atoms with Crippen molar-refractivity contribution in [3.05, 3.63) is 51.9 Å². The van der Waals surface area contributed by atoms with Crippen LogP contribution in [0.1, 0.15) is 25.1 Å². The molecule has 1 aliphatic rings. The van der Waals surface area contributed by atoms with E-state index in [0.29, 0.717) is 11.2 Å². The average molecular weight is 359 g/mol. The maximum atomic E-state index is 12.0. The lowest BCUT2D eigenvalue weighted by Crippen LogP contribution is -2.47. The van der Waals surface area contributed by atoms with Gasteiger partial charge in [0.1, 0.15) is 0 Å². The van der Waals surface area contributed by atoms with Crippen LogP contribution in [0.3, 0.4) is 0 Å². The summed E-state index contributed by atoms with van der Waals surface area (Å²) in [5.41, 5.74) is 3.34. The summed E-state index contributed by atoms with van der Waals surface area (Å²) < 4.78 is 0. The minimum atomic E-state index is -0.0644. The molecule has 0 atom stereocenters. The second kappa shape index (κ2) is 7.95. The predicted octanol–water partition coefficient (Wildman–Crippen LogP) is 3.05. The van der Waals surface area contributed by atoms with Crippen LogP contribution in [0.25, 0.3) is 0 Å². The molecular weight excluding hydrogens is 332 g/mol. The first-order chi connectivity index (χ1) is 12.0. The number of aromatic amines is 1. The topological polar surface area (TPSA) is 52.2 Å². The van der Waals surface area contributed by atoms with E-state index in [4.69, 9.17) is 0 Å². The molecule has 1 aliphatic heterocycles. The molecule has 1 saturated heterocycles. The van der Waals surface area contributed by atoms with E-state index < -0.39 is 0 Å². The molecule has 0 saturated carbocycles. The van der Waals surface area contributed by atoms with E-state index in [1.54, 1.807) is 17.8 Å². The molecule has 2 aromatic rings. The molecule has 0 aliphatic carbocycles. The fourth-order valence-electron chi connectivity index (χ4n) is 2.97. The third-order valence-corrected chi connectivity index (χ3v) is 5.42. The lowest BCUT2D eigenvalue weighted by molar-refractivity contribution is 0.638. The summed E-state index contributed by atoms with van der Waals surface area (Å²) in [7, 11) is 0. The molecule has 1 aromatic carbocycles. The van der Waals surface area contributed by atoms with Crippen LogP contribution in [0.15, 0.2) is 35.1 Å². The largest absolute Gasteiger partial charge is 0.368 e. The van der Waals surface area contributed by atoms with E-state index in [9.17, 15) is 4.79 Å². The van der Waals surface area contributed by atoms with Gasteiger partial charge in [0, 0.05) is 43.7 Å². The van der Waals surface area contributed by atoms with Crippen molar-refractivity contribution < 1.29 is 0 Å². The Morgan fingerprint density at radius 3 is 2.56 bits per heavy atom. The molecule has 0 spiro atoms.